The fraction of sp³-hybridized carbons (Fsp3) is 0.333. The lowest BCUT2D eigenvalue weighted by atomic mass is 10.1. The monoisotopic (exact) mass is 375 g/mol. The maximum Gasteiger partial charge on any atom is 0.276 e. The molecule has 0 spiro atoms. The second kappa shape index (κ2) is 6.22. The Morgan fingerprint density at radius 2 is 1.96 bits per heavy atom. The van der Waals surface area contributed by atoms with Gasteiger partial charge in [0.25, 0.3) is 11.5 Å². The summed E-state index contributed by atoms with van der Waals surface area (Å²) in [6, 6.07) is 2.58. The largest absolute Gasteiger partial charge is 0.481 e. The Morgan fingerprint density at radius 1 is 1.23 bits per heavy atom. The zero-order chi connectivity index (χ0) is 18.4. The minimum atomic E-state index is -0.638. The third-order valence-electron chi connectivity index (χ3n) is 4.67. The molecule has 0 bridgehead atoms. The highest BCUT2D eigenvalue weighted by atomic mass is 35.5. The summed E-state index contributed by atoms with van der Waals surface area (Å²) in [6.07, 6.45) is 7.10. The Kier molecular flexibility index (Phi) is 4.00. The molecule has 0 unspecified atom stereocenters. The fourth-order valence-corrected chi connectivity index (χ4v) is 3.79. The Balaban J connectivity index is 1.92. The molecule has 0 aliphatic carbocycles. The van der Waals surface area contributed by atoms with Gasteiger partial charge in [0.15, 0.2) is 6.61 Å². The third-order valence-corrected chi connectivity index (χ3v) is 5.06. The van der Waals surface area contributed by atoms with E-state index in [-0.39, 0.29) is 46.6 Å². The predicted octanol–water partition coefficient (Wildman–Crippen LogP) is 2.26. The zero-order valence-electron chi connectivity index (χ0n) is 13.8. The minimum absolute atomic E-state index is 0.0270. The van der Waals surface area contributed by atoms with Gasteiger partial charge in [-0.3, -0.25) is 19.2 Å². The molecular weight excluding hydrogens is 361 g/mol. The van der Waals surface area contributed by atoms with E-state index >= 15 is 0 Å². The smallest absolute Gasteiger partial charge is 0.276 e. The molecule has 3 heterocycles. The van der Waals surface area contributed by atoms with Crippen molar-refractivity contribution in [2.45, 2.75) is 25.9 Å². The maximum atomic E-state index is 14.8. The van der Waals surface area contributed by atoms with Gasteiger partial charge in [-0.25, -0.2) is 9.07 Å². The molecule has 6 nitrogen and oxygen atoms in total. The van der Waals surface area contributed by atoms with Crippen LogP contribution in [0.5, 0.6) is 5.75 Å². The van der Waals surface area contributed by atoms with Crippen molar-refractivity contribution in [2.24, 2.45) is 0 Å². The number of nitrogens with zero attached hydrogens (tertiary/aromatic N) is 3. The number of benzene rings is 1. The molecule has 1 aromatic heterocycles. The molecule has 26 heavy (non-hydrogen) atoms. The number of hydrogen-bond acceptors (Lipinski definition) is 3. The normalized spacial score (nSPS) is 15.9. The first-order valence-corrected chi connectivity index (χ1v) is 8.60. The summed E-state index contributed by atoms with van der Waals surface area (Å²) in [4.78, 5) is 26.2. The van der Waals surface area contributed by atoms with Crippen molar-refractivity contribution >= 4 is 23.2 Å². The van der Waals surface area contributed by atoms with Crippen LogP contribution < -0.4 is 15.2 Å². The van der Waals surface area contributed by atoms with Crippen LogP contribution in [0.25, 0.3) is 11.1 Å². The zero-order valence-corrected chi connectivity index (χ0v) is 14.6. The Labute approximate surface area is 153 Å². The van der Waals surface area contributed by atoms with Gasteiger partial charge in [0.1, 0.15) is 16.7 Å². The van der Waals surface area contributed by atoms with E-state index in [4.69, 9.17) is 22.8 Å². The van der Waals surface area contributed by atoms with E-state index in [1.54, 1.807) is 4.68 Å². The molecule has 0 saturated heterocycles. The lowest BCUT2D eigenvalue weighted by Crippen LogP contribution is -2.39. The van der Waals surface area contributed by atoms with Crippen molar-refractivity contribution in [3.63, 3.8) is 0 Å². The SMILES string of the molecule is C#CCN1C(=O)COc2cc(F)c(-c3c(Cl)n4n(c3=O)CCCC4)cc21. The van der Waals surface area contributed by atoms with Crippen LogP contribution in [0.4, 0.5) is 10.1 Å². The van der Waals surface area contributed by atoms with Gasteiger partial charge in [-0.05, 0) is 18.9 Å². The van der Waals surface area contributed by atoms with E-state index in [0.29, 0.717) is 18.8 Å². The molecule has 8 heteroatoms. The van der Waals surface area contributed by atoms with E-state index in [0.717, 1.165) is 18.9 Å². The van der Waals surface area contributed by atoms with Gasteiger partial charge >= 0.3 is 0 Å². The summed E-state index contributed by atoms with van der Waals surface area (Å²) in [7, 11) is 0. The van der Waals surface area contributed by atoms with Gasteiger partial charge in [-0.2, -0.15) is 0 Å². The molecule has 134 valence electrons. The Bertz CT molecular complexity index is 1020. The van der Waals surface area contributed by atoms with Gasteiger partial charge < -0.3 is 4.74 Å². The van der Waals surface area contributed by atoms with Crippen LogP contribution >= 0.6 is 11.6 Å². The second-order valence-electron chi connectivity index (χ2n) is 6.20. The van der Waals surface area contributed by atoms with Crippen LogP contribution in [0.3, 0.4) is 0 Å². The molecule has 2 aromatic rings. The summed E-state index contributed by atoms with van der Waals surface area (Å²) in [5, 5.41) is 0.195. The molecule has 4 rings (SSSR count). The van der Waals surface area contributed by atoms with Gasteiger partial charge in [-0.15, -0.1) is 6.42 Å². The van der Waals surface area contributed by atoms with E-state index in [9.17, 15) is 14.0 Å². The number of carbonyl (C=O) groups is 1. The molecular formula is C18H15ClFN3O3. The van der Waals surface area contributed by atoms with E-state index in [1.807, 2.05) is 0 Å². The highest BCUT2D eigenvalue weighted by molar-refractivity contribution is 6.32. The summed E-state index contributed by atoms with van der Waals surface area (Å²) >= 11 is 6.39. The molecule has 0 radical (unpaired) electrons. The number of carbonyl (C=O) groups excluding carboxylic acids is 1. The van der Waals surface area contributed by atoms with Crippen molar-refractivity contribution in [1.29, 1.82) is 0 Å². The molecule has 0 N–H and O–H groups in total. The van der Waals surface area contributed by atoms with Gasteiger partial charge in [0.05, 0.1) is 17.8 Å². The molecule has 0 fully saturated rings. The Morgan fingerprint density at radius 3 is 2.65 bits per heavy atom. The highest BCUT2D eigenvalue weighted by Gasteiger charge is 2.30. The number of anilines is 1. The molecule has 0 atom stereocenters. The number of terminal acetylenes is 1. The first-order valence-electron chi connectivity index (χ1n) is 8.22. The van der Waals surface area contributed by atoms with Gasteiger partial charge in [-0.1, -0.05) is 17.5 Å². The quantitative estimate of drug-likeness (QED) is 0.757. The Hall–Kier alpha value is -2.72. The van der Waals surface area contributed by atoms with Crippen molar-refractivity contribution in [2.75, 3.05) is 18.1 Å². The van der Waals surface area contributed by atoms with Gasteiger partial charge in [0, 0.05) is 24.7 Å². The van der Waals surface area contributed by atoms with Crippen molar-refractivity contribution in [1.82, 2.24) is 9.36 Å². The number of hydrogen-bond donors (Lipinski definition) is 0. The topological polar surface area (TPSA) is 56.5 Å². The molecule has 0 saturated carbocycles. The van der Waals surface area contributed by atoms with Crippen LogP contribution in [0.2, 0.25) is 5.15 Å². The number of rotatable bonds is 2. The summed E-state index contributed by atoms with van der Waals surface area (Å²) in [5.41, 5.74) is 0.112. The van der Waals surface area contributed by atoms with E-state index < -0.39 is 5.82 Å². The highest BCUT2D eigenvalue weighted by Crippen LogP contribution is 2.39. The number of halogens is 2. The lowest BCUT2D eigenvalue weighted by molar-refractivity contribution is -0.121. The predicted molar refractivity (Wildman–Crippen MR) is 95.0 cm³/mol. The first-order chi connectivity index (χ1) is 12.5. The van der Waals surface area contributed by atoms with Crippen LogP contribution in [-0.2, 0) is 17.9 Å². The fourth-order valence-electron chi connectivity index (χ4n) is 3.43. The average molecular weight is 376 g/mol. The molecule has 1 amide bonds. The molecule has 2 aliphatic heterocycles. The minimum Gasteiger partial charge on any atom is -0.481 e. The molecule has 1 aromatic carbocycles. The summed E-state index contributed by atoms with van der Waals surface area (Å²) < 4.78 is 23.3. The van der Waals surface area contributed by atoms with Gasteiger partial charge in [0.2, 0.25) is 0 Å². The number of fused-ring (bicyclic) bond motifs is 2. The van der Waals surface area contributed by atoms with Crippen molar-refractivity contribution in [3.8, 4) is 29.2 Å². The van der Waals surface area contributed by atoms with E-state index in [2.05, 4.69) is 5.92 Å². The average Bonchev–Trinajstić information content (AvgIpc) is 2.89. The summed E-state index contributed by atoms with van der Waals surface area (Å²) in [5.74, 6) is 1.65. The number of amides is 1. The number of ether oxygens (including phenoxy) is 1. The second-order valence-corrected chi connectivity index (χ2v) is 6.55. The summed E-state index contributed by atoms with van der Waals surface area (Å²) in [6.45, 7) is 0.956. The van der Waals surface area contributed by atoms with Crippen molar-refractivity contribution < 1.29 is 13.9 Å². The molecule has 2 aliphatic rings. The van der Waals surface area contributed by atoms with Crippen LogP contribution in [0.15, 0.2) is 16.9 Å². The third kappa shape index (κ3) is 2.41. The van der Waals surface area contributed by atoms with E-state index in [1.165, 1.54) is 15.6 Å². The van der Waals surface area contributed by atoms with Crippen LogP contribution in [0, 0.1) is 18.2 Å². The van der Waals surface area contributed by atoms with Crippen LogP contribution in [-0.4, -0.2) is 28.4 Å². The van der Waals surface area contributed by atoms with Crippen molar-refractivity contribution in [3.05, 3.63) is 33.5 Å². The lowest BCUT2D eigenvalue weighted by Gasteiger charge is -2.28. The van der Waals surface area contributed by atoms with Crippen LogP contribution in [0.1, 0.15) is 12.8 Å². The standard InChI is InChI=1S/C18H15ClFN3O3/c1-2-5-21-13-8-11(12(20)9-14(13)26-10-15(21)24)16-17(19)22-6-3-4-7-23(22)18(16)25/h1,8-9H,3-7,10H2. The first kappa shape index (κ1) is 16.7. The maximum absolute atomic E-state index is 14.8. The number of aromatic nitrogens is 2.